The molecule has 0 aromatic heterocycles. The second kappa shape index (κ2) is 7.14. The highest BCUT2D eigenvalue weighted by Crippen LogP contribution is 2.26. The van der Waals surface area contributed by atoms with Crippen LogP contribution in [0.15, 0.2) is 18.2 Å². The molecule has 4 nitrogen and oxygen atoms in total. The first-order valence-electron chi connectivity index (χ1n) is 5.83. The Morgan fingerprint density at radius 3 is 2.24 bits per heavy atom. The van der Waals surface area contributed by atoms with E-state index in [-0.39, 0.29) is 0 Å². The maximum atomic E-state index is 10.0. The third-order valence-corrected chi connectivity index (χ3v) is 2.52. The molecule has 1 aromatic rings. The maximum absolute atomic E-state index is 10.0. The topological polar surface area (TPSA) is 50.7 Å². The molecule has 1 aromatic carbocycles. The van der Waals surface area contributed by atoms with Crippen molar-refractivity contribution in [1.29, 1.82) is 0 Å². The average Bonchev–Trinajstić information content (AvgIpc) is 2.38. The first-order chi connectivity index (χ1) is 8.21. The lowest BCUT2D eigenvalue weighted by Crippen LogP contribution is -2.22. The minimum Gasteiger partial charge on any atom is -0.497 e. The molecule has 96 valence electrons. The minimum atomic E-state index is -0.550. The first-order valence-corrected chi connectivity index (χ1v) is 5.83. The Labute approximate surface area is 103 Å². The molecular formula is C13H21NO3. The van der Waals surface area contributed by atoms with E-state index in [2.05, 4.69) is 12.2 Å². The van der Waals surface area contributed by atoms with Crippen molar-refractivity contribution in [3.63, 3.8) is 0 Å². The molecule has 0 fully saturated rings. The van der Waals surface area contributed by atoms with Gasteiger partial charge in [0.1, 0.15) is 11.5 Å². The lowest BCUT2D eigenvalue weighted by Gasteiger charge is -2.14. The summed E-state index contributed by atoms with van der Waals surface area (Å²) in [5.41, 5.74) is 0.796. The fourth-order valence-electron chi connectivity index (χ4n) is 1.56. The van der Waals surface area contributed by atoms with Crippen LogP contribution in [0.2, 0.25) is 0 Å². The molecule has 0 saturated carbocycles. The number of ether oxygens (including phenoxy) is 2. The summed E-state index contributed by atoms with van der Waals surface area (Å²) >= 11 is 0. The van der Waals surface area contributed by atoms with Crippen LogP contribution in [0, 0.1) is 0 Å². The average molecular weight is 239 g/mol. The zero-order valence-electron chi connectivity index (χ0n) is 10.7. The molecule has 0 heterocycles. The number of hydrogen-bond acceptors (Lipinski definition) is 4. The van der Waals surface area contributed by atoms with Gasteiger partial charge in [-0.1, -0.05) is 6.92 Å². The van der Waals surface area contributed by atoms with Crippen LogP contribution in [0.4, 0.5) is 0 Å². The SMILES string of the molecule is CCCNC[C@@H](O)c1cc(OC)cc(OC)c1. The van der Waals surface area contributed by atoms with Crippen molar-refractivity contribution in [2.45, 2.75) is 19.4 Å². The molecule has 0 aliphatic rings. The highest BCUT2D eigenvalue weighted by molar-refractivity contribution is 5.39. The van der Waals surface area contributed by atoms with E-state index in [0.29, 0.717) is 18.0 Å². The Morgan fingerprint density at radius 2 is 1.76 bits per heavy atom. The highest BCUT2D eigenvalue weighted by atomic mass is 16.5. The molecule has 0 amide bonds. The number of rotatable bonds is 7. The Kier molecular flexibility index (Phi) is 5.80. The van der Waals surface area contributed by atoms with E-state index in [1.165, 1.54) is 0 Å². The summed E-state index contributed by atoms with van der Waals surface area (Å²) in [6.07, 6.45) is 0.499. The van der Waals surface area contributed by atoms with E-state index in [4.69, 9.17) is 9.47 Å². The minimum absolute atomic E-state index is 0.532. The standard InChI is InChI=1S/C13H21NO3/c1-4-5-14-9-13(15)10-6-11(16-2)8-12(7-10)17-3/h6-8,13-15H,4-5,9H2,1-3H3/t13-/m1/s1. The van der Waals surface area contributed by atoms with Gasteiger partial charge in [0.15, 0.2) is 0 Å². The predicted molar refractivity (Wildman–Crippen MR) is 67.7 cm³/mol. The number of aliphatic hydroxyl groups is 1. The zero-order chi connectivity index (χ0) is 12.7. The summed E-state index contributed by atoms with van der Waals surface area (Å²) < 4.78 is 10.3. The molecule has 0 unspecified atom stereocenters. The summed E-state index contributed by atoms with van der Waals surface area (Å²) in [4.78, 5) is 0. The summed E-state index contributed by atoms with van der Waals surface area (Å²) in [5.74, 6) is 1.38. The molecule has 1 rings (SSSR count). The van der Waals surface area contributed by atoms with E-state index in [0.717, 1.165) is 18.5 Å². The largest absolute Gasteiger partial charge is 0.497 e. The normalized spacial score (nSPS) is 12.2. The molecule has 0 saturated heterocycles. The van der Waals surface area contributed by atoms with Crippen molar-refractivity contribution >= 4 is 0 Å². The summed E-state index contributed by atoms with van der Waals surface area (Å²) in [5, 5.41) is 13.2. The molecule has 0 bridgehead atoms. The van der Waals surface area contributed by atoms with E-state index in [1.54, 1.807) is 20.3 Å². The van der Waals surface area contributed by atoms with Crippen LogP contribution < -0.4 is 14.8 Å². The smallest absolute Gasteiger partial charge is 0.122 e. The van der Waals surface area contributed by atoms with E-state index in [9.17, 15) is 5.11 Å². The number of nitrogens with one attached hydrogen (secondary N) is 1. The summed E-state index contributed by atoms with van der Waals surface area (Å²) in [6, 6.07) is 5.43. The van der Waals surface area contributed by atoms with Gasteiger partial charge in [-0.15, -0.1) is 0 Å². The Balaban J connectivity index is 2.73. The predicted octanol–water partition coefficient (Wildman–Crippen LogP) is 1.74. The van der Waals surface area contributed by atoms with Crippen molar-refractivity contribution in [2.24, 2.45) is 0 Å². The van der Waals surface area contributed by atoms with Crippen molar-refractivity contribution in [2.75, 3.05) is 27.3 Å². The van der Waals surface area contributed by atoms with Gasteiger partial charge in [0.05, 0.1) is 20.3 Å². The van der Waals surface area contributed by atoms with Gasteiger partial charge in [-0.25, -0.2) is 0 Å². The monoisotopic (exact) mass is 239 g/mol. The van der Waals surface area contributed by atoms with Crippen LogP contribution in [0.5, 0.6) is 11.5 Å². The van der Waals surface area contributed by atoms with Crippen LogP contribution in [-0.2, 0) is 0 Å². The van der Waals surface area contributed by atoms with Gasteiger partial charge in [0, 0.05) is 12.6 Å². The van der Waals surface area contributed by atoms with E-state index in [1.807, 2.05) is 12.1 Å². The third-order valence-electron chi connectivity index (χ3n) is 2.52. The molecule has 1 atom stereocenters. The molecule has 17 heavy (non-hydrogen) atoms. The van der Waals surface area contributed by atoms with Gasteiger partial charge < -0.3 is 19.9 Å². The fourth-order valence-corrected chi connectivity index (χ4v) is 1.56. The lowest BCUT2D eigenvalue weighted by atomic mass is 10.1. The molecule has 0 aliphatic carbocycles. The van der Waals surface area contributed by atoms with E-state index < -0.39 is 6.10 Å². The summed E-state index contributed by atoms with van der Waals surface area (Å²) in [6.45, 7) is 3.52. The van der Waals surface area contributed by atoms with Crippen LogP contribution >= 0.6 is 0 Å². The number of aliphatic hydroxyl groups excluding tert-OH is 1. The second-order valence-corrected chi connectivity index (χ2v) is 3.87. The van der Waals surface area contributed by atoms with Crippen molar-refractivity contribution in [1.82, 2.24) is 5.32 Å². The van der Waals surface area contributed by atoms with E-state index >= 15 is 0 Å². The Bertz CT molecular complexity index is 319. The quantitative estimate of drug-likeness (QED) is 0.712. The van der Waals surface area contributed by atoms with Crippen LogP contribution in [-0.4, -0.2) is 32.4 Å². The van der Waals surface area contributed by atoms with Crippen LogP contribution in [0.1, 0.15) is 25.0 Å². The number of methoxy groups -OCH3 is 2. The van der Waals surface area contributed by atoms with Crippen molar-refractivity contribution < 1.29 is 14.6 Å². The van der Waals surface area contributed by atoms with Crippen molar-refractivity contribution in [3.8, 4) is 11.5 Å². The van der Waals surface area contributed by atoms with Crippen molar-refractivity contribution in [3.05, 3.63) is 23.8 Å². The number of benzene rings is 1. The van der Waals surface area contributed by atoms with Gasteiger partial charge in [-0.3, -0.25) is 0 Å². The fraction of sp³-hybridized carbons (Fsp3) is 0.538. The second-order valence-electron chi connectivity index (χ2n) is 3.87. The molecule has 2 N–H and O–H groups in total. The first kappa shape index (κ1) is 13.8. The Hall–Kier alpha value is -1.26. The molecular weight excluding hydrogens is 218 g/mol. The third kappa shape index (κ3) is 4.24. The van der Waals surface area contributed by atoms with Crippen LogP contribution in [0.25, 0.3) is 0 Å². The molecule has 0 spiro atoms. The zero-order valence-corrected chi connectivity index (χ0v) is 10.7. The van der Waals surface area contributed by atoms with Crippen LogP contribution in [0.3, 0.4) is 0 Å². The van der Waals surface area contributed by atoms with Gasteiger partial charge in [0.2, 0.25) is 0 Å². The number of hydrogen-bond donors (Lipinski definition) is 2. The lowest BCUT2D eigenvalue weighted by molar-refractivity contribution is 0.174. The maximum Gasteiger partial charge on any atom is 0.122 e. The highest BCUT2D eigenvalue weighted by Gasteiger charge is 2.10. The van der Waals surface area contributed by atoms with Gasteiger partial charge in [0.25, 0.3) is 0 Å². The van der Waals surface area contributed by atoms with Gasteiger partial charge in [-0.2, -0.15) is 0 Å². The summed E-state index contributed by atoms with van der Waals surface area (Å²) in [7, 11) is 3.19. The van der Waals surface area contributed by atoms with Gasteiger partial charge in [-0.05, 0) is 30.7 Å². The Morgan fingerprint density at radius 1 is 1.18 bits per heavy atom. The van der Waals surface area contributed by atoms with Gasteiger partial charge >= 0.3 is 0 Å². The molecule has 0 aliphatic heterocycles. The molecule has 4 heteroatoms. The molecule has 0 radical (unpaired) electrons.